The Balaban J connectivity index is 1.75. The second kappa shape index (κ2) is 5.79. The molecule has 0 fully saturated rings. The van der Waals surface area contributed by atoms with Gasteiger partial charge in [-0.3, -0.25) is 0 Å². The van der Waals surface area contributed by atoms with Crippen molar-refractivity contribution in [1.82, 2.24) is 20.1 Å². The molecule has 1 aromatic rings. The highest BCUT2D eigenvalue weighted by molar-refractivity contribution is 7.90. The molecule has 1 N–H and O–H groups in total. The van der Waals surface area contributed by atoms with Gasteiger partial charge in [-0.25, -0.2) is 8.42 Å². The first-order valence-electron chi connectivity index (χ1n) is 6.36. The van der Waals surface area contributed by atoms with Crippen LogP contribution in [0.5, 0.6) is 0 Å². The predicted molar refractivity (Wildman–Crippen MR) is 69.0 cm³/mol. The highest BCUT2D eigenvalue weighted by Crippen LogP contribution is 2.13. The van der Waals surface area contributed by atoms with Crippen molar-refractivity contribution in [1.29, 1.82) is 0 Å². The number of fused-ring (bicyclic) bond motifs is 1. The lowest BCUT2D eigenvalue weighted by atomic mass is 10.2. The molecule has 1 aromatic heterocycles. The molecule has 2 rings (SSSR count). The maximum atomic E-state index is 11.0. The summed E-state index contributed by atoms with van der Waals surface area (Å²) in [5, 5.41) is 11.6. The number of aromatic nitrogens is 3. The first-order chi connectivity index (χ1) is 8.56. The highest BCUT2D eigenvalue weighted by atomic mass is 32.2. The molecular formula is C11H20N4O2S. The van der Waals surface area contributed by atoms with Gasteiger partial charge < -0.3 is 9.88 Å². The SMILES string of the molecule is CS(=O)(=O)CCCNCc1nnc2n1CCCC2. The third kappa shape index (κ3) is 3.78. The minimum atomic E-state index is -2.85. The van der Waals surface area contributed by atoms with Crippen molar-refractivity contribution in [3.05, 3.63) is 11.6 Å². The summed E-state index contributed by atoms with van der Waals surface area (Å²) in [4.78, 5) is 0. The Morgan fingerprint density at radius 1 is 1.33 bits per heavy atom. The molecule has 0 aromatic carbocycles. The summed E-state index contributed by atoms with van der Waals surface area (Å²) in [6.07, 6.45) is 5.30. The van der Waals surface area contributed by atoms with E-state index in [2.05, 4.69) is 20.1 Å². The second-order valence-electron chi connectivity index (χ2n) is 4.80. The normalized spacial score (nSPS) is 15.6. The van der Waals surface area contributed by atoms with Gasteiger partial charge in [-0.2, -0.15) is 0 Å². The van der Waals surface area contributed by atoms with Crippen molar-refractivity contribution in [2.75, 3.05) is 18.6 Å². The van der Waals surface area contributed by atoms with Gasteiger partial charge >= 0.3 is 0 Å². The Labute approximate surface area is 108 Å². The van der Waals surface area contributed by atoms with Crippen LogP contribution in [0.1, 0.15) is 30.9 Å². The Morgan fingerprint density at radius 2 is 2.17 bits per heavy atom. The number of nitrogens with one attached hydrogen (secondary N) is 1. The average molecular weight is 272 g/mol. The van der Waals surface area contributed by atoms with Crippen LogP contribution < -0.4 is 5.32 Å². The quantitative estimate of drug-likeness (QED) is 0.745. The number of hydrogen-bond acceptors (Lipinski definition) is 5. The molecule has 1 aliphatic rings. The molecule has 18 heavy (non-hydrogen) atoms. The predicted octanol–water partition coefficient (Wildman–Crippen LogP) is 0.139. The summed E-state index contributed by atoms with van der Waals surface area (Å²) in [5.74, 6) is 2.27. The smallest absolute Gasteiger partial charge is 0.147 e. The molecule has 0 amide bonds. The average Bonchev–Trinajstić information content (AvgIpc) is 2.71. The zero-order chi connectivity index (χ0) is 13.0. The maximum Gasteiger partial charge on any atom is 0.147 e. The molecule has 7 heteroatoms. The van der Waals surface area contributed by atoms with Gasteiger partial charge in [-0.15, -0.1) is 10.2 Å². The van der Waals surface area contributed by atoms with E-state index in [1.807, 2.05) is 0 Å². The van der Waals surface area contributed by atoms with Crippen molar-refractivity contribution in [3.8, 4) is 0 Å². The standard InChI is InChI=1S/C11H20N4O2S/c1-18(16,17)8-4-6-12-9-11-14-13-10-5-2-3-7-15(10)11/h12H,2-9H2,1H3. The summed E-state index contributed by atoms with van der Waals surface area (Å²) in [7, 11) is -2.85. The molecule has 0 saturated heterocycles. The van der Waals surface area contributed by atoms with E-state index in [1.54, 1.807) is 0 Å². The molecule has 0 aliphatic carbocycles. The first-order valence-corrected chi connectivity index (χ1v) is 8.42. The lowest BCUT2D eigenvalue weighted by Gasteiger charge is -2.14. The van der Waals surface area contributed by atoms with Gasteiger partial charge in [0, 0.05) is 19.2 Å². The number of hydrogen-bond donors (Lipinski definition) is 1. The van der Waals surface area contributed by atoms with Crippen molar-refractivity contribution in [2.24, 2.45) is 0 Å². The Hall–Kier alpha value is -0.950. The fourth-order valence-corrected chi connectivity index (χ4v) is 2.83. The van der Waals surface area contributed by atoms with Gasteiger partial charge in [0.15, 0.2) is 0 Å². The fraction of sp³-hybridized carbons (Fsp3) is 0.818. The maximum absolute atomic E-state index is 11.0. The van der Waals surface area contributed by atoms with Crippen molar-refractivity contribution in [2.45, 2.75) is 38.8 Å². The largest absolute Gasteiger partial charge is 0.314 e. The van der Waals surface area contributed by atoms with Crippen molar-refractivity contribution in [3.63, 3.8) is 0 Å². The molecule has 0 saturated carbocycles. The summed E-state index contributed by atoms with van der Waals surface area (Å²) in [6, 6.07) is 0. The van der Waals surface area contributed by atoms with E-state index < -0.39 is 9.84 Å². The fourth-order valence-electron chi connectivity index (χ4n) is 2.16. The van der Waals surface area contributed by atoms with Gasteiger partial charge in [-0.05, 0) is 25.8 Å². The molecule has 2 heterocycles. The number of aryl methyl sites for hydroxylation is 1. The van der Waals surface area contributed by atoms with Gasteiger partial charge in [-0.1, -0.05) is 0 Å². The van der Waals surface area contributed by atoms with E-state index in [0.29, 0.717) is 19.5 Å². The highest BCUT2D eigenvalue weighted by Gasteiger charge is 2.14. The van der Waals surface area contributed by atoms with Crippen LogP contribution in [-0.2, 0) is 29.3 Å². The van der Waals surface area contributed by atoms with E-state index in [0.717, 1.165) is 24.6 Å². The molecule has 0 radical (unpaired) electrons. The Kier molecular flexibility index (Phi) is 4.34. The molecule has 0 spiro atoms. The molecule has 102 valence electrons. The summed E-state index contributed by atoms with van der Waals surface area (Å²) < 4.78 is 24.1. The Bertz CT molecular complexity index is 495. The van der Waals surface area contributed by atoms with Crippen LogP contribution in [0.4, 0.5) is 0 Å². The summed E-state index contributed by atoms with van der Waals surface area (Å²) in [5.41, 5.74) is 0. The second-order valence-corrected chi connectivity index (χ2v) is 7.06. The Morgan fingerprint density at radius 3 is 2.94 bits per heavy atom. The van der Waals surface area contributed by atoms with Crippen LogP contribution >= 0.6 is 0 Å². The topological polar surface area (TPSA) is 76.9 Å². The van der Waals surface area contributed by atoms with Gasteiger partial charge in [0.25, 0.3) is 0 Å². The molecule has 0 bridgehead atoms. The zero-order valence-electron chi connectivity index (χ0n) is 10.7. The molecule has 0 atom stereocenters. The van der Waals surface area contributed by atoms with Crippen molar-refractivity contribution < 1.29 is 8.42 Å². The minimum absolute atomic E-state index is 0.234. The number of nitrogens with zero attached hydrogens (tertiary/aromatic N) is 3. The van der Waals surface area contributed by atoms with E-state index in [9.17, 15) is 8.42 Å². The van der Waals surface area contributed by atoms with Crippen molar-refractivity contribution >= 4 is 9.84 Å². The van der Waals surface area contributed by atoms with Crippen LogP contribution in [0.3, 0.4) is 0 Å². The minimum Gasteiger partial charge on any atom is -0.314 e. The van der Waals surface area contributed by atoms with E-state index in [-0.39, 0.29) is 5.75 Å². The van der Waals surface area contributed by atoms with E-state index in [1.165, 1.54) is 19.1 Å². The zero-order valence-corrected chi connectivity index (χ0v) is 11.5. The lowest BCUT2D eigenvalue weighted by Crippen LogP contribution is -2.21. The molecule has 0 unspecified atom stereocenters. The lowest BCUT2D eigenvalue weighted by molar-refractivity contribution is 0.497. The molecule has 6 nitrogen and oxygen atoms in total. The first kappa shape index (κ1) is 13.5. The summed E-state index contributed by atoms with van der Waals surface area (Å²) in [6.45, 7) is 2.36. The van der Waals surface area contributed by atoms with Gasteiger partial charge in [0.05, 0.1) is 12.3 Å². The molecule has 1 aliphatic heterocycles. The summed E-state index contributed by atoms with van der Waals surface area (Å²) >= 11 is 0. The van der Waals surface area contributed by atoms with Gasteiger partial charge in [0.2, 0.25) is 0 Å². The number of rotatable bonds is 6. The van der Waals surface area contributed by atoms with Crippen LogP contribution in [0.25, 0.3) is 0 Å². The monoisotopic (exact) mass is 272 g/mol. The van der Waals surface area contributed by atoms with Gasteiger partial charge in [0.1, 0.15) is 21.5 Å². The van der Waals surface area contributed by atoms with Crippen LogP contribution in [0.15, 0.2) is 0 Å². The van der Waals surface area contributed by atoms with E-state index >= 15 is 0 Å². The third-order valence-electron chi connectivity index (χ3n) is 3.09. The van der Waals surface area contributed by atoms with E-state index in [4.69, 9.17) is 0 Å². The van der Waals surface area contributed by atoms with Crippen LogP contribution in [-0.4, -0.2) is 41.7 Å². The van der Waals surface area contributed by atoms with Crippen LogP contribution in [0.2, 0.25) is 0 Å². The number of sulfone groups is 1. The third-order valence-corrected chi connectivity index (χ3v) is 4.12. The van der Waals surface area contributed by atoms with Crippen LogP contribution in [0, 0.1) is 0 Å². The molecular weight excluding hydrogens is 252 g/mol.